The van der Waals surface area contributed by atoms with Gasteiger partial charge in [0.1, 0.15) is 0 Å². The Bertz CT molecular complexity index is 384. The summed E-state index contributed by atoms with van der Waals surface area (Å²) in [4.78, 5) is 1.32. The number of rotatable bonds is 4. The zero-order valence-electron chi connectivity index (χ0n) is 7.43. The second-order valence-corrected chi connectivity index (χ2v) is 3.73. The average molecular weight is 210 g/mol. The van der Waals surface area contributed by atoms with Gasteiger partial charge in [0.05, 0.1) is 0 Å². The Kier molecular flexibility index (Phi) is 2.64. The van der Waals surface area contributed by atoms with E-state index in [0.717, 1.165) is 13.0 Å². The molecule has 0 aromatic carbocycles. The maximum atomic E-state index is 5.27. The van der Waals surface area contributed by atoms with E-state index < -0.39 is 0 Å². The second-order valence-electron chi connectivity index (χ2n) is 2.70. The molecule has 0 saturated heterocycles. The summed E-state index contributed by atoms with van der Waals surface area (Å²) in [5.74, 6) is 0. The quantitative estimate of drug-likeness (QED) is 0.797. The molecule has 0 saturated carbocycles. The van der Waals surface area contributed by atoms with Gasteiger partial charge in [-0.05, 0) is 17.9 Å². The molecule has 6 heteroatoms. The average Bonchev–Trinajstić information content (AvgIpc) is 2.77. The molecular weight excluding hydrogens is 200 g/mol. The number of hydrogen-bond donors (Lipinski definition) is 2. The lowest BCUT2D eigenvalue weighted by Gasteiger charge is -1.97. The van der Waals surface area contributed by atoms with Gasteiger partial charge in [0.2, 0.25) is 0 Å². The minimum Gasteiger partial charge on any atom is -0.390 e. The SMILES string of the molecule is Nc1nnc(NCCc2cccs2)o1. The lowest BCUT2D eigenvalue weighted by atomic mass is 10.3. The van der Waals surface area contributed by atoms with Crippen LogP contribution < -0.4 is 11.1 Å². The van der Waals surface area contributed by atoms with Crippen LogP contribution in [-0.2, 0) is 6.42 Å². The molecule has 2 aromatic rings. The molecule has 0 aliphatic rings. The van der Waals surface area contributed by atoms with E-state index in [1.54, 1.807) is 11.3 Å². The molecule has 2 heterocycles. The summed E-state index contributed by atoms with van der Waals surface area (Å²) >= 11 is 1.73. The van der Waals surface area contributed by atoms with E-state index in [2.05, 4.69) is 27.0 Å². The minimum atomic E-state index is 0.0867. The molecule has 0 radical (unpaired) electrons. The van der Waals surface area contributed by atoms with Crippen molar-refractivity contribution in [3.8, 4) is 0 Å². The molecule has 14 heavy (non-hydrogen) atoms. The molecule has 0 aliphatic carbocycles. The van der Waals surface area contributed by atoms with Crippen molar-refractivity contribution >= 4 is 23.4 Å². The molecule has 74 valence electrons. The van der Waals surface area contributed by atoms with Gasteiger partial charge in [0.25, 0.3) is 0 Å². The molecule has 5 nitrogen and oxygen atoms in total. The van der Waals surface area contributed by atoms with Crippen LogP contribution >= 0.6 is 11.3 Å². The monoisotopic (exact) mass is 210 g/mol. The van der Waals surface area contributed by atoms with Crippen LogP contribution in [0.1, 0.15) is 4.88 Å². The van der Waals surface area contributed by atoms with Crippen molar-refractivity contribution in [2.75, 3.05) is 17.6 Å². The largest absolute Gasteiger partial charge is 0.390 e. The fraction of sp³-hybridized carbons (Fsp3) is 0.250. The molecule has 0 atom stereocenters. The first-order valence-corrected chi connectivity index (χ1v) is 5.08. The minimum absolute atomic E-state index is 0.0867. The molecule has 0 aliphatic heterocycles. The van der Waals surface area contributed by atoms with Gasteiger partial charge in [0, 0.05) is 11.4 Å². The standard InChI is InChI=1S/C8H10N4OS/c9-7-11-12-8(13-7)10-4-3-6-2-1-5-14-6/h1-2,5H,3-4H2,(H2,9,11)(H,10,12). The third-order valence-corrected chi connectivity index (χ3v) is 2.60. The van der Waals surface area contributed by atoms with E-state index in [4.69, 9.17) is 10.2 Å². The van der Waals surface area contributed by atoms with Gasteiger partial charge in [-0.2, -0.15) is 0 Å². The molecule has 0 unspecified atom stereocenters. The van der Waals surface area contributed by atoms with E-state index in [-0.39, 0.29) is 6.01 Å². The first kappa shape index (κ1) is 9.01. The van der Waals surface area contributed by atoms with Crippen molar-refractivity contribution < 1.29 is 4.42 Å². The van der Waals surface area contributed by atoms with Gasteiger partial charge in [0.15, 0.2) is 0 Å². The van der Waals surface area contributed by atoms with E-state index in [0.29, 0.717) is 6.01 Å². The first-order valence-electron chi connectivity index (χ1n) is 4.20. The molecule has 0 amide bonds. The Labute approximate surface area is 85.0 Å². The van der Waals surface area contributed by atoms with Gasteiger partial charge in [-0.25, -0.2) is 0 Å². The van der Waals surface area contributed by atoms with Crippen molar-refractivity contribution in [3.63, 3.8) is 0 Å². The van der Waals surface area contributed by atoms with E-state index in [1.165, 1.54) is 4.88 Å². The third kappa shape index (κ3) is 2.23. The van der Waals surface area contributed by atoms with Crippen LogP contribution in [0.3, 0.4) is 0 Å². The number of thiophene rings is 1. The number of nitrogens with one attached hydrogen (secondary N) is 1. The van der Waals surface area contributed by atoms with Gasteiger partial charge in [-0.15, -0.1) is 11.3 Å². The molecule has 0 fully saturated rings. The normalized spacial score (nSPS) is 10.3. The maximum absolute atomic E-state index is 5.27. The fourth-order valence-corrected chi connectivity index (χ4v) is 1.76. The van der Waals surface area contributed by atoms with Gasteiger partial charge >= 0.3 is 12.0 Å². The molecule has 2 rings (SSSR count). The Morgan fingerprint density at radius 1 is 1.50 bits per heavy atom. The summed E-state index contributed by atoms with van der Waals surface area (Å²) < 4.78 is 4.95. The van der Waals surface area contributed by atoms with Crippen LogP contribution in [-0.4, -0.2) is 16.7 Å². The summed E-state index contributed by atoms with van der Waals surface area (Å²) in [6.07, 6.45) is 0.944. The van der Waals surface area contributed by atoms with Gasteiger partial charge in [-0.3, -0.25) is 0 Å². The number of nitrogens with two attached hydrogens (primary N) is 1. The highest BCUT2D eigenvalue weighted by Crippen LogP contribution is 2.10. The molecular formula is C8H10N4OS. The molecule has 3 N–H and O–H groups in total. The van der Waals surface area contributed by atoms with E-state index in [9.17, 15) is 0 Å². The summed E-state index contributed by atoms with van der Waals surface area (Å²) in [6.45, 7) is 0.766. The highest BCUT2D eigenvalue weighted by atomic mass is 32.1. The topological polar surface area (TPSA) is 77.0 Å². The van der Waals surface area contributed by atoms with Gasteiger partial charge < -0.3 is 15.5 Å². The summed E-state index contributed by atoms with van der Waals surface area (Å²) in [6, 6.07) is 4.59. The van der Waals surface area contributed by atoms with Crippen molar-refractivity contribution in [1.82, 2.24) is 10.2 Å². The maximum Gasteiger partial charge on any atom is 0.316 e. The van der Waals surface area contributed by atoms with Crippen LogP contribution in [0.15, 0.2) is 21.9 Å². The van der Waals surface area contributed by atoms with Crippen molar-refractivity contribution in [2.45, 2.75) is 6.42 Å². The van der Waals surface area contributed by atoms with E-state index >= 15 is 0 Å². The van der Waals surface area contributed by atoms with E-state index in [1.807, 2.05) is 6.07 Å². The van der Waals surface area contributed by atoms with Crippen molar-refractivity contribution in [2.24, 2.45) is 0 Å². The number of anilines is 2. The lowest BCUT2D eigenvalue weighted by Crippen LogP contribution is -2.03. The highest BCUT2D eigenvalue weighted by molar-refractivity contribution is 7.09. The summed E-state index contributed by atoms with van der Waals surface area (Å²) in [5, 5.41) is 12.3. The molecule has 0 spiro atoms. The zero-order valence-corrected chi connectivity index (χ0v) is 8.25. The van der Waals surface area contributed by atoms with Crippen LogP contribution in [0.2, 0.25) is 0 Å². The number of aromatic nitrogens is 2. The summed E-state index contributed by atoms with van der Waals surface area (Å²) in [7, 11) is 0. The summed E-state index contributed by atoms with van der Waals surface area (Å²) in [5.41, 5.74) is 5.27. The Hall–Kier alpha value is -1.56. The van der Waals surface area contributed by atoms with Crippen molar-refractivity contribution in [3.05, 3.63) is 22.4 Å². The number of nitrogen functional groups attached to an aromatic ring is 1. The fourth-order valence-electron chi connectivity index (χ4n) is 1.05. The van der Waals surface area contributed by atoms with Crippen LogP contribution in [0.25, 0.3) is 0 Å². The highest BCUT2D eigenvalue weighted by Gasteiger charge is 2.00. The Morgan fingerprint density at radius 2 is 2.43 bits per heavy atom. The Morgan fingerprint density at radius 3 is 3.07 bits per heavy atom. The lowest BCUT2D eigenvalue weighted by molar-refractivity contribution is 0.586. The predicted molar refractivity (Wildman–Crippen MR) is 55.2 cm³/mol. The smallest absolute Gasteiger partial charge is 0.316 e. The second kappa shape index (κ2) is 4.10. The molecule has 0 bridgehead atoms. The Balaban J connectivity index is 1.78. The number of nitrogens with zero attached hydrogens (tertiary/aromatic N) is 2. The molecule has 2 aromatic heterocycles. The third-order valence-electron chi connectivity index (χ3n) is 1.67. The first-order chi connectivity index (χ1) is 6.84. The van der Waals surface area contributed by atoms with Crippen molar-refractivity contribution in [1.29, 1.82) is 0 Å². The predicted octanol–water partition coefficient (Wildman–Crippen LogP) is 1.37. The number of hydrogen-bond acceptors (Lipinski definition) is 6. The van der Waals surface area contributed by atoms with Crippen LogP contribution in [0.4, 0.5) is 12.0 Å². The van der Waals surface area contributed by atoms with Crippen LogP contribution in [0.5, 0.6) is 0 Å². The van der Waals surface area contributed by atoms with Crippen LogP contribution in [0, 0.1) is 0 Å². The van der Waals surface area contributed by atoms with Gasteiger partial charge in [-0.1, -0.05) is 16.3 Å². The zero-order chi connectivity index (χ0) is 9.80.